The minimum atomic E-state index is -1.39. The maximum absolute atomic E-state index is 13.2. The van der Waals surface area contributed by atoms with Crippen molar-refractivity contribution in [1.82, 2.24) is 5.32 Å². The van der Waals surface area contributed by atoms with Gasteiger partial charge in [0.1, 0.15) is 0 Å². The summed E-state index contributed by atoms with van der Waals surface area (Å²) in [6.45, 7) is 0.789. The molecular formula is C11H12F2N2O2. The third-order valence-electron chi connectivity index (χ3n) is 2.94. The van der Waals surface area contributed by atoms with Crippen molar-refractivity contribution in [2.45, 2.75) is 25.3 Å². The molecule has 1 saturated heterocycles. The number of halogens is 2. The van der Waals surface area contributed by atoms with Crippen LogP contribution in [-0.4, -0.2) is 11.5 Å². The first-order valence-corrected chi connectivity index (χ1v) is 5.46. The Morgan fingerprint density at radius 3 is 2.71 bits per heavy atom. The van der Waals surface area contributed by atoms with Crippen LogP contribution in [0.4, 0.5) is 14.5 Å². The van der Waals surface area contributed by atoms with Gasteiger partial charge in [-0.15, -0.1) is 0 Å². The van der Waals surface area contributed by atoms with Gasteiger partial charge in [-0.25, -0.2) is 4.39 Å². The molecule has 0 bridgehead atoms. The van der Waals surface area contributed by atoms with Crippen molar-refractivity contribution in [3.8, 4) is 0 Å². The minimum absolute atomic E-state index is 0.127. The van der Waals surface area contributed by atoms with E-state index in [4.69, 9.17) is 0 Å². The SMILES string of the molecule is O=[N+]([O-])c1cc(C2CCCCN2)cc(F)c1F. The van der Waals surface area contributed by atoms with Crippen LogP contribution >= 0.6 is 0 Å². The molecular weight excluding hydrogens is 230 g/mol. The molecule has 0 aromatic heterocycles. The van der Waals surface area contributed by atoms with E-state index in [-0.39, 0.29) is 6.04 Å². The van der Waals surface area contributed by atoms with Gasteiger partial charge in [-0.2, -0.15) is 4.39 Å². The lowest BCUT2D eigenvalue weighted by Gasteiger charge is -2.23. The highest BCUT2D eigenvalue weighted by molar-refractivity contribution is 5.38. The Bertz CT molecular complexity index is 445. The summed E-state index contributed by atoms with van der Waals surface area (Å²) in [5, 5.41) is 13.7. The maximum atomic E-state index is 13.2. The average Bonchev–Trinajstić information content (AvgIpc) is 2.33. The van der Waals surface area contributed by atoms with Gasteiger partial charge in [-0.1, -0.05) is 6.42 Å². The highest BCUT2D eigenvalue weighted by atomic mass is 19.2. The van der Waals surface area contributed by atoms with E-state index < -0.39 is 22.2 Å². The third kappa shape index (κ3) is 2.41. The van der Waals surface area contributed by atoms with Crippen LogP contribution in [0.5, 0.6) is 0 Å². The highest BCUT2D eigenvalue weighted by Gasteiger charge is 2.24. The van der Waals surface area contributed by atoms with E-state index in [0.717, 1.165) is 37.9 Å². The van der Waals surface area contributed by atoms with Crippen molar-refractivity contribution in [1.29, 1.82) is 0 Å². The molecule has 6 heteroatoms. The number of benzene rings is 1. The van der Waals surface area contributed by atoms with Gasteiger partial charge in [0.25, 0.3) is 0 Å². The Balaban J connectivity index is 2.37. The van der Waals surface area contributed by atoms with E-state index in [1.807, 2.05) is 0 Å². The second kappa shape index (κ2) is 4.75. The number of hydrogen-bond donors (Lipinski definition) is 1. The minimum Gasteiger partial charge on any atom is -0.310 e. The van der Waals surface area contributed by atoms with Gasteiger partial charge in [0.15, 0.2) is 5.82 Å². The molecule has 1 aromatic rings. The number of rotatable bonds is 2. The van der Waals surface area contributed by atoms with Gasteiger partial charge in [0, 0.05) is 12.1 Å². The smallest absolute Gasteiger partial charge is 0.308 e. The molecule has 0 radical (unpaired) electrons. The molecule has 0 saturated carbocycles. The van der Waals surface area contributed by atoms with E-state index in [1.54, 1.807) is 0 Å². The van der Waals surface area contributed by atoms with Crippen LogP contribution in [0.15, 0.2) is 12.1 Å². The fourth-order valence-corrected chi connectivity index (χ4v) is 2.07. The van der Waals surface area contributed by atoms with Crippen LogP contribution in [0.1, 0.15) is 30.9 Å². The molecule has 2 rings (SSSR count). The number of nitrogens with zero attached hydrogens (tertiary/aromatic N) is 1. The molecule has 17 heavy (non-hydrogen) atoms. The fourth-order valence-electron chi connectivity index (χ4n) is 2.07. The summed E-state index contributed by atoms with van der Waals surface area (Å²) >= 11 is 0. The summed E-state index contributed by atoms with van der Waals surface area (Å²) in [4.78, 5) is 9.69. The lowest BCUT2D eigenvalue weighted by Crippen LogP contribution is -2.27. The summed E-state index contributed by atoms with van der Waals surface area (Å²) in [5.74, 6) is -2.56. The summed E-state index contributed by atoms with van der Waals surface area (Å²) in [7, 11) is 0. The quantitative estimate of drug-likeness (QED) is 0.640. The average molecular weight is 242 g/mol. The molecule has 1 aromatic carbocycles. The molecule has 1 aliphatic heterocycles. The monoisotopic (exact) mass is 242 g/mol. The zero-order chi connectivity index (χ0) is 12.4. The molecule has 1 fully saturated rings. The molecule has 1 atom stereocenters. The summed E-state index contributed by atoms with van der Waals surface area (Å²) in [6.07, 6.45) is 2.79. The topological polar surface area (TPSA) is 55.2 Å². The van der Waals surface area contributed by atoms with E-state index >= 15 is 0 Å². The zero-order valence-corrected chi connectivity index (χ0v) is 9.08. The van der Waals surface area contributed by atoms with Crippen molar-refractivity contribution in [3.05, 3.63) is 39.4 Å². The normalized spacial score (nSPS) is 20.2. The van der Waals surface area contributed by atoms with Crippen molar-refractivity contribution < 1.29 is 13.7 Å². The van der Waals surface area contributed by atoms with Crippen LogP contribution < -0.4 is 5.32 Å². The van der Waals surface area contributed by atoms with Gasteiger partial charge in [-0.3, -0.25) is 10.1 Å². The zero-order valence-electron chi connectivity index (χ0n) is 9.08. The number of nitro benzene ring substituents is 1. The van der Waals surface area contributed by atoms with E-state index in [2.05, 4.69) is 5.32 Å². The summed E-state index contributed by atoms with van der Waals surface area (Å²) in [5.41, 5.74) is -0.359. The van der Waals surface area contributed by atoms with Gasteiger partial charge in [0.05, 0.1) is 4.92 Å². The molecule has 0 amide bonds. The Morgan fingerprint density at radius 1 is 1.35 bits per heavy atom. The second-order valence-electron chi connectivity index (χ2n) is 4.10. The van der Waals surface area contributed by atoms with Crippen molar-refractivity contribution in [2.24, 2.45) is 0 Å². The Hall–Kier alpha value is -1.56. The van der Waals surface area contributed by atoms with Gasteiger partial charge in [-0.05, 0) is 31.0 Å². The predicted octanol–water partition coefficient (Wildman–Crippen LogP) is 2.69. The van der Waals surface area contributed by atoms with E-state index in [1.165, 1.54) is 0 Å². The number of nitrogens with one attached hydrogen (secondary N) is 1. The molecule has 1 aliphatic rings. The van der Waals surface area contributed by atoms with Crippen LogP contribution in [0, 0.1) is 21.7 Å². The van der Waals surface area contributed by atoms with Crippen LogP contribution in [-0.2, 0) is 0 Å². The first-order valence-electron chi connectivity index (χ1n) is 5.46. The molecule has 0 aliphatic carbocycles. The molecule has 0 spiro atoms. The largest absolute Gasteiger partial charge is 0.310 e. The highest BCUT2D eigenvalue weighted by Crippen LogP contribution is 2.29. The number of piperidine rings is 1. The van der Waals surface area contributed by atoms with Crippen molar-refractivity contribution >= 4 is 5.69 Å². The van der Waals surface area contributed by atoms with Crippen LogP contribution in [0.25, 0.3) is 0 Å². The first kappa shape index (κ1) is 11.9. The summed E-state index contributed by atoms with van der Waals surface area (Å²) < 4.78 is 26.4. The lowest BCUT2D eigenvalue weighted by molar-refractivity contribution is -0.387. The van der Waals surface area contributed by atoms with Crippen molar-refractivity contribution in [3.63, 3.8) is 0 Å². The van der Waals surface area contributed by atoms with Gasteiger partial charge >= 0.3 is 5.69 Å². The predicted molar refractivity (Wildman–Crippen MR) is 57.6 cm³/mol. The van der Waals surface area contributed by atoms with E-state index in [0.29, 0.717) is 5.56 Å². The van der Waals surface area contributed by atoms with Crippen LogP contribution in [0.2, 0.25) is 0 Å². The van der Waals surface area contributed by atoms with E-state index in [9.17, 15) is 18.9 Å². The standard InChI is InChI=1S/C11H12F2N2O2/c12-8-5-7(9-3-1-2-4-14-9)6-10(11(8)13)15(16)17/h5-6,9,14H,1-4H2. The van der Waals surface area contributed by atoms with Crippen LogP contribution in [0.3, 0.4) is 0 Å². The Labute approximate surface area is 96.8 Å². The maximum Gasteiger partial charge on any atom is 0.308 e. The molecule has 4 nitrogen and oxygen atoms in total. The number of hydrogen-bond acceptors (Lipinski definition) is 3. The molecule has 1 unspecified atom stereocenters. The van der Waals surface area contributed by atoms with Crippen molar-refractivity contribution in [2.75, 3.05) is 6.54 Å². The molecule has 1 heterocycles. The van der Waals surface area contributed by atoms with Gasteiger partial charge < -0.3 is 5.32 Å². The molecule has 1 N–H and O–H groups in total. The Morgan fingerprint density at radius 2 is 2.12 bits per heavy atom. The number of nitro groups is 1. The third-order valence-corrected chi connectivity index (χ3v) is 2.94. The van der Waals surface area contributed by atoms with Gasteiger partial charge in [0.2, 0.25) is 5.82 Å². The first-order chi connectivity index (χ1) is 8.09. The molecule has 92 valence electrons. The second-order valence-corrected chi connectivity index (χ2v) is 4.10. The lowest BCUT2D eigenvalue weighted by atomic mass is 9.97. The fraction of sp³-hybridized carbons (Fsp3) is 0.455. The Kier molecular flexibility index (Phi) is 3.33. The summed E-state index contributed by atoms with van der Waals surface area (Å²) in [6, 6.07) is 2.02.